The largest absolute Gasteiger partial charge is 0.390 e. The third-order valence-electron chi connectivity index (χ3n) is 4.15. The van der Waals surface area contributed by atoms with Crippen molar-refractivity contribution in [2.75, 3.05) is 18.9 Å². The van der Waals surface area contributed by atoms with Crippen LogP contribution in [0.2, 0.25) is 5.02 Å². The highest BCUT2D eigenvalue weighted by molar-refractivity contribution is 6.31. The molecule has 0 unspecified atom stereocenters. The molecule has 4 aromatic rings. The fraction of sp³-hybridized carbons (Fsp3) is 0.158. The minimum atomic E-state index is 0.636. The van der Waals surface area contributed by atoms with Crippen LogP contribution in [0.3, 0.4) is 0 Å². The number of benzene rings is 2. The van der Waals surface area contributed by atoms with Gasteiger partial charge in [-0.15, -0.1) is 0 Å². The van der Waals surface area contributed by atoms with Gasteiger partial charge in [-0.3, -0.25) is 10.1 Å². The first-order valence-corrected chi connectivity index (χ1v) is 8.90. The van der Waals surface area contributed by atoms with Crippen LogP contribution in [0, 0.1) is 0 Å². The molecule has 4 rings (SSSR count). The van der Waals surface area contributed by atoms with Crippen LogP contribution in [0.4, 0.5) is 11.4 Å². The van der Waals surface area contributed by atoms with Gasteiger partial charge in [-0.25, -0.2) is 0 Å². The Labute approximate surface area is 161 Å². The molecule has 27 heavy (non-hydrogen) atoms. The number of nitrogens with zero attached hydrogens (tertiary/aromatic N) is 2. The van der Waals surface area contributed by atoms with E-state index >= 15 is 0 Å². The Hall–Kier alpha value is -3.03. The first-order valence-electron chi connectivity index (χ1n) is 8.52. The lowest BCUT2D eigenvalue weighted by Crippen LogP contribution is -1.97. The summed E-state index contributed by atoms with van der Waals surface area (Å²) in [5.41, 5.74) is 15.1. The maximum atomic E-state index is 6.20. The summed E-state index contributed by atoms with van der Waals surface area (Å²) < 4.78 is 0. The van der Waals surface area contributed by atoms with Crippen LogP contribution in [-0.2, 0) is 6.42 Å². The Kier molecular flexibility index (Phi) is 5.95. The predicted molar refractivity (Wildman–Crippen MR) is 114 cm³/mol. The molecule has 0 aliphatic rings. The van der Waals surface area contributed by atoms with Gasteiger partial charge < -0.3 is 21.8 Å². The van der Waals surface area contributed by atoms with Gasteiger partial charge in [0.25, 0.3) is 0 Å². The lowest BCUT2D eigenvalue weighted by molar-refractivity contribution is 0.978. The average molecular weight is 384 g/mol. The smallest absolute Gasteiger partial charge is 0.0797 e. The van der Waals surface area contributed by atoms with Gasteiger partial charge in [0.05, 0.1) is 18.2 Å². The monoisotopic (exact) mass is 383 g/mol. The van der Waals surface area contributed by atoms with E-state index in [2.05, 4.69) is 43.4 Å². The van der Waals surface area contributed by atoms with Crippen molar-refractivity contribution in [1.82, 2.24) is 15.2 Å². The van der Waals surface area contributed by atoms with Gasteiger partial charge in [0, 0.05) is 45.3 Å². The van der Waals surface area contributed by atoms with Crippen LogP contribution >= 0.6 is 11.6 Å². The molecule has 0 saturated heterocycles. The van der Waals surface area contributed by atoms with Gasteiger partial charge in [0.2, 0.25) is 0 Å². The van der Waals surface area contributed by atoms with E-state index < -0.39 is 0 Å². The van der Waals surface area contributed by atoms with Crippen molar-refractivity contribution in [3.05, 3.63) is 53.3 Å². The van der Waals surface area contributed by atoms with Crippen molar-refractivity contribution in [3.8, 4) is 0 Å². The summed E-state index contributed by atoms with van der Waals surface area (Å²) in [6.45, 7) is 0.636. The first-order chi connectivity index (χ1) is 13.2. The summed E-state index contributed by atoms with van der Waals surface area (Å²) in [7, 11) is 1.50. The van der Waals surface area contributed by atoms with Crippen LogP contribution in [-0.4, -0.2) is 35.1 Å². The number of nitrogens with two attached hydrogens (primary N) is 2. The summed E-state index contributed by atoms with van der Waals surface area (Å²) in [5, 5.41) is 13.1. The lowest BCUT2D eigenvalue weighted by atomic mass is 10.0. The van der Waals surface area contributed by atoms with Crippen molar-refractivity contribution in [2.24, 2.45) is 16.5 Å². The van der Waals surface area contributed by atoms with Crippen LogP contribution in [0.15, 0.2) is 47.7 Å². The standard InChI is InChI=1S/C18H17ClN6.CH5N/c19-12-1-2-17-15(6-12)16-7-13(24-14-8-22-23-9-14)5-11(18(16)25-17)3-4-21-10-20;1-2/h1-2,5-10,24-25H,3-4H2,(H2,20,21)(H,22,23);2H2,1H3. The summed E-state index contributed by atoms with van der Waals surface area (Å²) in [6.07, 6.45) is 5.69. The Morgan fingerprint density at radius 1 is 1.19 bits per heavy atom. The van der Waals surface area contributed by atoms with E-state index in [-0.39, 0.29) is 0 Å². The number of aromatic amines is 2. The highest BCUT2D eigenvalue weighted by Gasteiger charge is 2.11. The zero-order valence-electron chi connectivity index (χ0n) is 15.0. The molecule has 2 heterocycles. The number of rotatable bonds is 5. The Bertz CT molecular complexity index is 1050. The summed E-state index contributed by atoms with van der Waals surface area (Å²) in [5.74, 6) is 0. The van der Waals surface area contributed by atoms with E-state index in [1.807, 2.05) is 24.4 Å². The molecule has 2 aromatic heterocycles. The second kappa shape index (κ2) is 8.57. The number of aliphatic imine (C=N–C) groups is 1. The van der Waals surface area contributed by atoms with E-state index in [4.69, 9.17) is 17.3 Å². The Morgan fingerprint density at radius 2 is 2.04 bits per heavy atom. The van der Waals surface area contributed by atoms with E-state index in [0.717, 1.165) is 44.6 Å². The minimum Gasteiger partial charge on any atom is -0.390 e. The van der Waals surface area contributed by atoms with Crippen molar-refractivity contribution >= 4 is 51.1 Å². The quantitative estimate of drug-likeness (QED) is 0.267. The molecule has 2 aromatic carbocycles. The van der Waals surface area contributed by atoms with Crippen LogP contribution in [0.1, 0.15) is 5.56 Å². The average Bonchev–Trinajstić information content (AvgIpc) is 3.31. The summed E-state index contributed by atoms with van der Waals surface area (Å²) in [4.78, 5) is 7.63. The molecule has 0 bridgehead atoms. The molecule has 0 amide bonds. The molecule has 0 aliphatic carbocycles. The summed E-state index contributed by atoms with van der Waals surface area (Å²) >= 11 is 6.20. The fourth-order valence-electron chi connectivity index (χ4n) is 3.06. The molecule has 0 saturated carbocycles. The highest BCUT2D eigenvalue weighted by atomic mass is 35.5. The number of hydrogen-bond acceptors (Lipinski definition) is 4. The van der Waals surface area contributed by atoms with Gasteiger partial charge in [-0.1, -0.05) is 11.6 Å². The molecule has 0 aliphatic heterocycles. The zero-order chi connectivity index (χ0) is 19.2. The molecule has 0 atom stereocenters. The highest BCUT2D eigenvalue weighted by Crippen LogP contribution is 2.33. The molecule has 0 radical (unpaired) electrons. The van der Waals surface area contributed by atoms with E-state index in [1.54, 1.807) is 6.20 Å². The third kappa shape index (κ3) is 4.05. The van der Waals surface area contributed by atoms with Crippen molar-refractivity contribution in [1.29, 1.82) is 0 Å². The predicted octanol–water partition coefficient (Wildman–Crippen LogP) is 3.55. The molecule has 140 valence electrons. The minimum absolute atomic E-state index is 0.636. The van der Waals surface area contributed by atoms with Crippen molar-refractivity contribution < 1.29 is 0 Å². The number of H-pyrrole nitrogens is 2. The number of halogens is 1. The zero-order valence-corrected chi connectivity index (χ0v) is 15.7. The van der Waals surface area contributed by atoms with E-state index in [0.29, 0.717) is 6.54 Å². The second-order valence-electron chi connectivity index (χ2n) is 5.79. The Morgan fingerprint density at radius 3 is 2.78 bits per heavy atom. The van der Waals surface area contributed by atoms with Gasteiger partial charge in [0.15, 0.2) is 0 Å². The van der Waals surface area contributed by atoms with Gasteiger partial charge in [-0.05, 0) is 49.4 Å². The van der Waals surface area contributed by atoms with E-state index in [1.165, 1.54) is 18.9 Å². The molecular formula is C19H22ClN7. The van der Waals surface area contributed by atoms with Crippen molar-refractivity contribution in [2.45, 2.75) is 6.42 Å². The Balaban J connectivity index is 0.00000102. The maximum Gasteiger partial charge on any atom is 0.0797 e. The normalized spacial score (nSPS) is 11.1. The number of aromatic nitrogens is 3. The van der Waals surface area contributed by atoms with Crippen LogP contribution < -0.4 is 16.8 Å². The van der Waals surface area contributed by atoms with Crippen LogP contribution in [0.5, 0.6) is 0 Å². The number of nitrogens with one attached hydrogen (secondary N) is 3. The van der Waals surface area contributed by atoms with Crippen LogP contribution in [0.25, 0.3) is 21.8 Å². The number of anilines is 2. The van der Waals surface area contributed by atoms with Crippen molar-refractivity contribution in [3.63, 3.8) is 0 Å². The summed E-state index contributed by atoms with van der Waals surface area (Å²) in [6, 6.07) is 10.1. The first kappa shape index (κ1) is 18.8. The number of hydrogen-bond donors (Lipinski definition) is 5. The molecule has 7 N–H and O–H groups in total. The third-order valence-corrected chi connectivity index (χ3v) is 4.39. The van der Waals surface area contributed by atoms with Gasteiger partial charge >= 0.3 is 0 Å². The molecular weight excluding hydrogens is 362 g/mol. The van der Waals surface area contributed by atoms with Gasteiger partial charge in [0.1, 0.15) is 0 Å². The maximum absolute atomic E-state index is 6.20. The topological polar surface area (TPSA) is 121 Å². The SMILES string of the molecule is CN.NC=NCCc1cc(Nc2cn[nH]c2)cc2c1[nH]c1ccc(Cl)cc12. The lowest BCUT2D eigenvalue weighted by Gasteiger charge is -2.08. The molecule has 7 nitrogen and oxygen atoms in total. The molecule has 0 spiro atoms. The van der Waals surface area contributed by atoms with Gasteiger partial charge in [-0.2, -0.15) is 5.10 Å². The number of fused-ring (bicyclic) bond motifs is 3. The molecule has 0 fully saturated rings. The van der Waals surface area contributed by atoms with E-state index in [9.17, 15) is 0 Å². The second-order valence-corrected chi connectivity index (χ2v) is 6.23. The fourth-order valence-corrected chi connectivity index (χ4v) is 3.23. The molecule has 8 heteroatoms.